The molecule has 0 fully saturated rings. The standard InChI is InChI=1S/C10H9BrClF3O/c11-5-1-2-7-3-4-9(8(12)6-7)16-10(13,14)15/h3-4,6H,1-2,5H2. The van der Waals surface area contributed by atoms with Crippen molar-refractivity contribution >= 4 is 27.5 Å². The van der Waals surface area contributed by atoms with Gasteiger partial charge in [-0.25, -0.2) is 0 Å². The molecule has 0 bridgehead atoms. The molecule has 1 nitrogen and oxygen atoms in total. The second-order valence-corrected chi connectivity index (χ2v) is 4.31. The zero-order chi connectivity index (χ0) is 12.2. The van der Waals surface area contributed by atoms with Crippen LogP contribution in [-0.2, 0) is 6.42 Å². The number of benzene rings is 1. The Morgan fingerprint density at radius 1 is 1.31 bits per heavy atom. The largest absolute Gasteiger partial charge is 0.573 e. The monoisotopic (exact) mass is 316 g/mol. The molecule has 16 heavy (non-hydrogen) atoms. The van der Waals surface area contributed by atoms with E-state index in [4.69, 9.17) is 11.6 Å². The van der Waals surface area contributed by atoms with Crippen molar-refractivity contribution in [1.82, 2.24) is 0 Å². The molecule has 1 rings (SSSR count). The Morgan fingerprint density at radius 2 is 2.00 bits per heavy atom. The van der Waals surface area contributed by atoms with E-state index in [1.165, 1.54) is 12.1 Å². The summed E-state index contributed by atoms with van der Waals surface area (Å²) in [5.74, 6) is -0.364. The average molecular weight is 318 g/mol. The zero-order valence-corrected chi connectivity index (χ0v) is 10.5. The maximum Gasteiger partial charge on any atom is 0.573 e. The van der Waals surface area contributed by atoms with Crippen molar-refractivity contribution in [3.05, 3.63) is 28.8 Å². The smallest absolute Gasteiger partial charge is 0.404 e. The van der Waals surface area contributed by atoms with Crippen LogP contribution in [-0.4, -0.2) is 11.7 Å². The molecule has 6 heteroatoms. The number of aryl methyl sites for hydroxylation is 1. The van der Waals surface area contributed by atoms with Crippen LogP contribution in [0.3, 0.4) is 0 Å². The molecule has 1 aromatic carbocycles. The minimum Gasteiger partial charge on any atom is -0.404 e. The zero-order valence-electron chi connectivity index (χ0n) is 8.15. The first-order valence-corrected chi connectivity index (χ1v) is 6.02. The van der Waals surface area contributed by atoms with Crippen LogP contribution >= 0.6 is 27.5 Å². The van der Waals surface area contributed by atoms with Gasteiger partial charge in [-0.15, -0.1) is 13.2 Å². The van der Waals surface area contributed by atoms with Crippen molar-refractivity contribution in [1.29, 1.82) is 0 Å². The first kappa shape index (κ1) is 13.6. The van der Waals surface area contributed by atoms with Crippen LogP contribution in [0.5, 0.6) is 5.75 Å². The van der Waals surface area contributed by atoms with E-state index in [0.717, 1.165) is 23.7 Å². The van der Waals surface area contributed by atoms with Gasteiger partial charge in [0, 0.05) is 5.33 Å². The van der Waals surface area contributed by atoms with Gasteiger partial charge in [0.1, 0.15) is 5.75 Å². The van der Waals surface area contributed by atoms with E-state index in [2.05, 4.69) is 20.7 Å². The first-order chi connectivity index (χ1) is 7.42. The lowest BCUT2D eigenvalue weighted by atomic mass is 10.1. The summed E-state index contributed by atoms with van der Waals surface area (Å²) < 4.78 is 39.6. The van der Waals surface area contributed by atoms with E-state index in [-0.39, 0.29) is 10.8 Å². The summed E-state index contributed by atoms with van der Waals surface area (Å²) in [7, 11) is 0. The Morgan fingerprint density at radius 3 is 2.50 bits per heavy atom. The third-order valence-corrected chi connectivity index (χ3v) is 2.68. The molecule has 90 valence electrons. The SMILES string of the molecule is FC(F)(F)Oc1ccc(CCCBr)cc1Cl. The highest BCUT2D eigenvalue weighted by molar-refractivity contribution is 9.09. The highest BCUT2D eigenvalue weighted by Crippen LogP contribution is 2.30. The Kier molecular flexibility index (Phi) is 4.92. The maximum absolute atomic E-state index is 11.9. The summed E-state index contributed by atoms with van der Waals surface area (Å²) in [6.45, 7) is 0. The van der Waals surface area contributed by atoms with Crippen LogP contribution in [0.15, 0.2) is 18.2 Å². The van der Waals surface area contributed by atoms with Crippen molar-refractivity contribution in [3.63, 3.8) is 0 Å². The van der Waals surface area contributed by atoms with Crippen molar-refractivity contribution in [3.8, 4) is 5.75 Å². The first-order valence-electron chi connectivity index (χ1n) is 4.52. The molecule has 0 N–H and O–H groups in total. The molecule has 0 aliphatic heterocycles. The van der Waals surface area contributed by atoms with Gasteiger partial charge in [0.25, 0.3) is 0 Å². The Hall–Kier alpha value is -0.420. The second-order valence-electron chi connectivity index (χ2n) is 3.11. The molecule has 0 aromatic heterocycles. The fourth-order valence-corrected chi connectivity index (χ4v) is 1.70. The van der Waals surface area contributed by atoms with Crippen molar-refractivity contribution in [2.24, 2.45) is 0 Å². The lowest BCUT2D eigenvalue weighted by Crippen LogP contribution is -2.17. The molecular formula is C10H9BrClF3O. The lowest BCUT2D eigenvalue weighted by Gasteiger charge is -2.11. The van der Waals surface area contributed by atoms with E-state index in [1.54, 1.807) is 6.07 Å². The van der Waals surface area contributed by atoms with E-state index < -0.39 is 6.36 Å². The Labute approximate surface area is 105 Å². The summed E-state index contributed by atoms with van der Waals surface area (Å²) in [4.78, 5) is 0. The average Bonchev–Trinajstić information content (AvgIpc) is 2.17. The third-order valence-electron chi connectivity index (χ3n) is 1.82. The molecule has 0 saturated carbocycles. The van der Waals surface area contributed by atoms with Gasteiger partial charge in [-0.3, -0.25) is 0 Å². The number of hydrogen-bond acceptors (Lipinski definition) is 1. The molecular weight excluding hydrogens is 308 g/mol. The molecule has 0 radical (unpaired) electrons. The number of ether oxygens (including phenoxy) is 1. The van der Waals surface area contributed by atoms with Gasteiger partial charge in [0.15, 0.2) is 0 Å². The number of hydrogen-bond donors (Lipinski definition) is 0. The summed E-state index contributed by atoms with van der Waals surface area (Å²) in [6, 6.07) is 4.31. The van der Waals surface area contributed by atoms with Gasteiger partial charge in [0.2, 0.25) is 0 Å². The minimum atomic E-state index is -4.71. The van der Waals surface area contributed by atoms with Crippen LogP contribution in [0.4, 0.5) is 13.2 Å². The fourth-order valence-electron chi connectivity index (χ4n) is 1.18. The van der Waals surface area contributed by atoms with Crippen molar-refractivity contribution in [2.75, 3.05) is 5.33 Å². The Bertz CT molecular complexity index is 354. The van der Waals surface area contributed by atoms with E-state index in [0.29, 0.717) is 0 Å². The highest BCUT2D eigenvalue weighted by Gasteiger charge is 2.31. The van der Waals surface area contributed by atoms with Crippen molar-refractivity contribution in [2.45, 2.75) is 19.2 Å². The molecule has 1 aromatic rings. The fraction of sp³-hybridized carbons (Fsp3) is 0.400. The molecule has 0 aliphatic rings. The van der Waals surface area contributed by atoms with E-state index in [1.807, 2.05) is 0 Å². The minimum absolute atomic E-state index is 0.0237. The number of alkyl halides is 4. The quantitative estimate of drug-likeness (QED) is 0.739. The summed E-state index contributed by atoms with van der Waals surface area (Å²) >= 11 is 8.95. The van der Waals surface area contributed by atoms with Crippen LogP contribution < -0.4 is 4.74 Å². The molecule has 0 heterocycles. The normalized spacial score (nSPS) is 11.6. The van der Waals surface area contributed by atoms with Gasteiger partial charge in [-0.2, -0.15) is 0 Å². The van der Waals surface area contributed by atoms with Crippen LogP contribution in [0.2, 0.25) is 5.02 Å². The van der Waals surface area contributed by atoms with Gasteiger partial charge < -0.3 is 4.74 Å². The molecule has 0 aliphatic carbocycles. The summed E-state index contributed by atoms with van der Waals surface area (Å²) in [5.41, 5.74) is 0.888. The molecule has 0 amide bonds. The third kappa shape index (κ3) is 4.61. The molecule has 0 saturated heterocycles. The van der Waals surface area contributed by atoms with Crippen molar-refractivity contribution < 1.29 is 17.9 Å². The van der Waals surface area contributed by atoms with Gasteiger partial charge >= 0.3 is 6.36 Å². The molecule has 0 atom stereocenters. The van der Waals surface area contributed by atoms with Crippen LogP contribution in [0.1, 0.15) is 12.0 Å². The predicted molar refractivity (Wildman–Crippen MR) is 60.3 cm³/mol. The number of halogens is 5. The van der Waals surface area contributed by atoms with Gasteiger partial charge in [0.05, 0.1) is 5.02 Å². The predicted octanol–water partition coefficient (Wildman–Crippen LogP) is 4.57. The van der Waals surface area contributed by atoms with Crippen LogP contribution in [0, 0.1) is 0 Å². The molecule has 0 spiro atoms. The van der Waals surface area contributed by atoms with E-state index in [9.17, 15) is 13.2 Å². The van der Waals surface area contributed by atoms with Crippen LogP contribution in [0.25, 0.3) is 0 Å². The maximum atomic E-state index is 11.9. The summed E-state index contributed by atoms with van der Waals surface area (Å²) in [5, 5.41) is 0.815. The Balaban J connectivity index is 2.75. The highest BCUT2D eigenvalue weighted by atomic mass is 79.9. The van der Waals surface area contributed by atoms with Gasteiger partial charge in [-0.05, 0) is 30.5 Å². The summed E-state index contributed by atoms with van der Waals surface area (Å²) in [6.07, 6.45) is -3.05. The van der Waals surface area contributed by atoms with E-state index >= 15 is 0 Å². The lowest BCUT2D eigenvalue weighted by molar-refractivity contribution is -0.274. The second kappa shape index (κ2) is 5.77. The topological polar surface area (TPSA) is 9.23 Å². The molecule has 0 unspecified atom stereocenters. The van der Waals surface area contributed by atoms with Gasteiger partial charge in [-0.1, -0.05) is 33.6 Å². The number of rotatable bonds is 4.